The Balaban J connectivity index is 1.83. The molecule has 146 valence electrons. The molecule has 8 nitrogen and oxygen atoms in total. The summed E-state index contributed by atoms with van der Waals surface area (Å²) in [6.07, 6.45) is 1.36. The topological polar surface area (TPSA) is 100 Å². The van der Waals surface area contributed by atoms with Crippen LogP contribution in [0.2, 0.25) is 0 Å². The standard InChI is InChI=1S/C20H21N3O5/c1-4-28-17-11-13(5-10-16(17)24)12-21-23-18(25)20(2,22-19(23)26)14-6-8-15(27-3)9-7-14/h5-12,24H,4H2,1-3H3,(H,22,26)/b21-12+. The number of hydrogen-bond donors (Lipinski definition) is 2. The van der Waals surface area contributed by atoms with Gasteiger partial charge in [0.25, 0.3) is 5.91 Å². The van der Waals surface area contributed by atoms with E-state index in [2.05, 4.69) is 10.4 Å². The number of hydrazone groups is 1. The number of phenolic OH excluding ortho intramolecular Hbond substituents is 1. The molecule has 1 fully saturated rings. The molecule has 28 heavy (non-hydrogen) atoms. The number of hydrogen-bond acceptors (Lipinski definition) is 6. The predicted molar refractivity (Wildman–Crippen MR) is 103 cm³/mol. The van der Waals surface area contributed by atoms with E-state index in [0.717, 1.165) is 5.01 Å². The molecule has 0 radical (unpaired) electrons. The maximum atomic E-state index is 12.9. The summed E-state index contributed by atoms with van der Waals surface area (Å²) in [7, 11) is 1.55. The summed E-state index contributed by atoms with van der Waals surface area (Å²) in [6.45, 7) is 3.81. The van der Waals surface area contributed by atoms with E-state index in [4.69, 9.17) is 9.47 Å². The van der Waals surface area contributed by atoms with Gasteiger partial charge >= 0.3 is 6.03 Å². The molecule has 8 heteroatoms. The Hall–Kier alpha value is -3.55. The molecule has 2 aromatic carbocycles. The number of amides is 3. The minimum atomic E-state index is -1.23. The number of urea groups is 1. The number of carbonyl (C=O) groups is 2. The summed E-state index contributed by atoms with van der Waals surface area (Å²) in [5, 5.41) is 17.2. The molecule has 1 aliphatic rings. The third kappa shape index (κ3) is 3.48. The first-order chi connectivity index (χ1) is 13.4. The third-order valence-electron chi connectivity index (χ3n) is 4.44. The second kappa shape index (κ2) is 7.59. The summed E-state index contributed by atoms with van der Waals surface area (Å²) >= 11 is 0. The van der Waals surface area contributed by atoms with E-state index in [0.29, 0.717) is 29.2 Å². The number of phenols is 1. The largest absolute Gasteiger partial charge is 0.504 e. The summed E-state index contributed by atoms with van der Waals surface area (Å²) in [5.74, 6) is 0.451. The SMILES string of the molecule is CCOc1cc(/C=N/N2C(=O)NC(C)(c3ccc(OC)cc3)C2=O)ccc1O. The highest BCUT2D eigenvalue weighted by Gasteiger charge is 2.49. The average Bonchev–Trinajstić information content (AvgIpc) is 2.92. The molecule has 3 amide bonds. The number of imide groups is 1. The summed E-state index contributed by atoms with van der Waals surface area (Å²) in [5.41, 5.74) is -0.0425. The Morgan fingerprint density at radius 3 is 2.57 bits per heavy atom. The fourth-order valence-electron chi connectivity index (χ4n) is 2.86. The number of rotatable bonds is 6. The van der Waals surface area contributed by atoms with Crippen molar-refractivity contribution in [3.63, 3.8) is 0 Å². The van der Waals surface area contributed by atoms with Crippen molar-refractivity contribution in [2.45, 2.75) is 19.4 Å². The molecule has 2 N–H and O–H groups in total. The first kappa shape index (κ1) is 19.2. The Kier molecular flexibility index (Phi) is 5.21. The Bertz CT molecular complexity index is 926. The number of ether oxygens (including phenoxy) is 2. The van der Waals surface area contributed by atoms with Crippen molar-refractivity contribution >= 4 is 18.2 Å². The zero-order chi connectivity index (χ0) is 20.3. The summed E-state index contributed by atoms with van der Waals surface area (Å²) in [6, 6.07) is 10.9. The number of aromatic hydroxyl groups is 1. The Labute approximate surface area is 162 Å². The first-order valence-electron chi connectivity index (χ1n) is 8.70. The smallest absolute Gasteiger partial charge is 0.346 e. The second-order valence-electron chi connectivity index (χ2n) is 6.31. The van der Waals surface area contributed by atoms with Crippen molar-refractivity contribution in [3.8, 4) is 17.2 Å². The van der Waals surface area contributed by atoms with Gasteiger partial charge in [-0.3, -0.25) is 4.79 Å². The van der Waals surface area contributed by atoms with Gasteiger partial charge in [-0.2, -0.15) is 5.10 Å². The molecular weight excluding hydrogens is 362 g/mol. The van der Waals surface area contributed by atoms with E-state index >= 15 is 0 Å². The van der Waals surface area contributed by atoms with Crippen LogP contribution in [0.5, 0.6) is 17.2 Å². The van der Waals surface area contributed by atoms with Gasteiger partial charge in [0.1, 0.15) is 11.3 Å². The first-order valence-corrected chi connectivity index (χ1v) is 8.70. The number of methoxy groups -OCH3 is 1. The maximum absolute atomic E-state index is 12.9. The van der Waals surface area contributed by atoms with Gasteiger partial charge in [-0.1, -0.05) is 12.1 Å². The van der Waals surface area contributed by atoms with Gasteiger partial charge in [0.15, 0.2) is 11.5 Å². The molecule has 1 heterocycles. The van der Waals surface area contributed by atoms with Crippen LogP contribution in [-0.4, -0.2) is 42.0 Å². The quantitative estimate of drug-likeness (QED) is 0.590. The van der Waals surface area contributed by atoms with Crippen LogP contribution in [-0.2, 0) is 10.3 Å². The Morgan fingerprint density at radius 2 is 1.93 bits per heavy atom. The molecule has 0 spiro atoms. The third-order valence-corrected chi connectivity index (χ3v) is 4.44. The minimum Gasteiger partial charge on any atom is -0.504 e. The molecule has 3 rings (SSSR count). The van der Waals surface area contributed by atoms with Crippen LogP contribution in [0.4, 0.5) is 4.79 Å². The monoisotopic (exact) mass is 383 g/mol. The van der Waals surface area contributed by atoms with Crippen molar-refractivity contribution in [3.05, 3.63) is 53.6 Å². The van der Waals surface area contributed by atoms with Gasteiger partial charge in [0.2, 0.25) is 0 Å². The number of nitrogens with one attached hydrogen (secondary N) is 1. The van der Waals surface area contributed by atoms with Crippen LogP contribution in [0.3, 0.4) is 0 Å². The van der Waals surface area contributed by atoms with Gasteiger partial charge in [-0.15, -0.1) is 5.01 Å². The van der Waals surface area contributed by atoms with E-state index in [-0.39, 0.29) is 5.75 Å². The average molecular weight is 383 g/mol. The molecule has 0 bridgehead atoms. The lowest BCUT2D eigenvalue weighted by Gasteiger charge is -2.21. The lowest BCUT2D eigenvalue weighted by atomic mass is 9.92. The number of nitrogens with zero attached hydrogens (tertiary/aromatic N) is 2. The van der Waals surface area contributed by atoms with Crippen LogP contribution in [0.1, 0.15) is 25.0 Å². The molecule has 1 atom stereocenters. The van der Waals surface area contributed by atoms with Crippen molar-refractivity contribution in [1.82, 2.24) is 10.3 Å². The van der Waals surface area contributed by atoms with E-state index in [1.54, 1.807) is 57.4 Å². The van der Waals surface area contributed by atoms with Crippen molar-refractivity contribution in [2.75, 3.05) is 13.7 Å². The number of carbonyl (C=O) groups excluding carboxylic acids is 2. The van der Waals surface area contributed by atoms with Gasteiger partial charge in [-0.25, -0.2) is 4.79 Å². The van der Waals surface area contributed by atoms with Gasteiger partial charge < -0.3 is 19.9 Å². The van der Waals surface area contributed by atoms with Gasteiger partial charge in [-0.05, 0) is 55.3 Å². The second-order valence-corrected chi connectivity index (χ2v) is 6.31. The van der Waals surface area contributed by atoms with E-state index in [1.165, 1.54) is 12.3 Å². The summed E-state index contributed by atoms with van der Waals surface area (Å²) in [4.78, 5) is 25.2. The molecule has 0 aromatic heterocycles. The van der Waals surface area contributed by atoms with Crippen LogP contribution < -0.4 is 14.8 Å². The van der Waals surface area contributed by atoms with Crippen LogP contribution in [0.15, 0.2) is 47.6 Å². The highest BCUT2D eigenvalue weighted by molar-refractivity contribution is 6.07. The molecule has 1 unspecified atom stereocenters. The van der Waals surface area contributed by atoms with Crippen LogP contribution >= 0.6 is 0 Å². The van der Waals surface area contributed by atoms with Crippen LogP contribution in [0.25, 0.3) is 0 Å². The fraction of sp³-hybridized carbons (Fsp3) is 0.250. The van der Waals surface area contributed by atoms with Crippen molar-refractivity contribution < 1.29 is 24.2 Å². The van der Waals surface area contributed by atoms with E-state index in [9.17, 15) is 14.7 Å². The van der Waals surface area contributed by atoms with E-state index in [1.807, 2.05) is 0 Å². The fourth-order valence-corrected chi connectivity index (χ4v) is 2.86. The van der Waals surface area contributed by atoms with Crippen LogP contribution in [0, 0.1) is 0 Å². The predicted octanol–water partition coefficient (Wildman–Crippen LogP) is 2.60. The molecule has 2 aromatic rings. The Morgan fingerprint density at radius 1 is 1.21 bits per heavy atom. The molecule has 1 saturated heterocycles. The van der Waals surface area contributed by atoms with Crippen molar-refractivity contribution in [1.29, 1.82) is 0 Å². The van der Waals surface area contributed by atoms with Gasteiger partial charge in [0, 0.05) is 0 Å². The molecular formula is C20H21N3O5. The minimum absolute atomic E-state index is 0.000993. The normalized spacial score (nSPS) is 19.2. The van der Waals surface area contributed by atoms with Gasteiger partial charge in [0.05, 0.1) is 19.9 Å². The molecule has 0 saturated carbocycles. The highest BCUT2D eigenvalue weighted by atomic mass is 16.5. The zero-order valence-electron chi connectivity index (χ0n) is 15.8. The van der Waals surface area contributed by atoms with Crippen molar-refractivity contribution in [2.24, 2.45) is 5.10 Å². The maximum Gasteiger partial charge on any atom is 0.346 e. The number of benzene rings is 2. The molecule has 1 aliphatic heterocycles. The summed E-state index contributed by atoms with van der Waals surface area (Å²) < 4.78 is 10.4. The highest BCUT2D eigenvalue weighted by Crippen LogP contribution is 2.30. The lowest BCUT2D eigenvalue weighted by Crippen LogP contribution is -2.40. The lowest BCUT2D eigenvalue weighted by molar-refractivity contribution is -0.131. The molecule has 0 aliphatic carbocycles. The van der Waals surface area contributed by atoms with E-state index < -0.39 is 17.5 Å². The zero-order valence-corrected chi connectivity index (χ0v) is 15.8.